The van der Waals surface area contributed by atoms with Crippen LogP contribution in [0.4, 0.5) is 9.59 Å². The van der Waals surface area contributed by atoms with Gasteiger partial charge in [-0.2, -0.15) is 0 Å². The van der Waals surface area contributed by atoms with E-state index in [0.717, 1.165) is 21.7 Å². The van der Waals surface area contributed by atoms with Crippen LogP contribution in [0.2, 0.25) is 15.1 Å². The molecule has 0 spiro atoms. The fourth-order valence-corrected chi connectivity index (χ4v) is 6.29. The molecule has 1 aliphatic carbocycles. The third-order valence-electron chi connectivity index (χ3n) is 8.18. The number of fused-ring (bicyclic) bond motifs is 3. The van der Waals surface area contributed by atoms with Crippen LogP contribution >= 0.6 is 34.8 Å². The first-order valence-electron chi connectivity index (χ1n) is 14.8. The molecule has 5 amide bonds. The van der Waals surface area contributed by atoms with Crippen LogP contribution in [0, 0.1) is 11.8 Å². The van der Waals surface area contributed by atoms with Gasteiger partial charge in [0.2, 0.25) is 5.91 Å². The minimum absolute atomic E-state index is 0.0303. The number of primary amides is 1. The third kappa shape index (κ3) is 7.85. The molecular weight excluding hydrogens is 641 g/mol. The largest absolute Gasteiger partial charge is 0.445 e. The highest BCUT2D eigenvalue weighted by atomic mass is 35.5. The third-order valence-corrected chi connectivity index (χ3v) is 8.95. The number of nitrogens with two attached hydrogens (primary N) is 1. The Balaban J connectivity index is 1.67. The lowest BCUT2D eigenvalue weighted by atomic mass is 9.78. The maximum absolute atomic E-state index is 14.3. The molecule has 5 N–H and O–H groups in total. The number of benzene rings is 2. The highest BCUT2D eigenvalue weighted by Gasteiger charge is 2.48. The summed E-state index contributed by atoms with van der Waals surface area (Å²) in [6.45, 7) is 7.45. The molecule has 0 saturated carbocycles. The highest BCUT2D eigenvalue weighted by molar-refractivity contribution is 6.38. The number of amides is 5. The summed E-state index contributed by atoms with van der Waals surface area (Å²) in [7, 11) is 0. The van der Waals surface area contributed by atoms with Gasteiger partial charge in [-0.3, -0.25) is 14.5 Å². The van der Waals surface area contributed by atoms with E-state index >= 15 is 0 Å². The van der Waals surface area contributed by atoms with Crippen molar-refractivity contribution in [2.24, 2.45) is 17.6 Å². The van der Waals surface area contributed by atoms with Crippen LogP contribution in [-0.2, 0) is 33.8 Å². The summed E-state index contributed by atoms with van der Waals surface area (Å²) in [4.78, 5) is 58.2. The van der Waals surface area contributed by atoms with Gasteiger partial charge in [-0.05, 0) is 60.1 Å². The topological polar surface area (TPSA) is 147 Å². The number of halogens is 3. The number of hydrogen-bond acceptors (Lipinski definition) is 5. The number of aromatic amines is 1. The molecule has 0 saturated heterocycles. The lowest BCUT2D eigenvalue weighted by molar-refractivity contribution is -0.141. The van der Waals surface area contributed by atoms with Crippen molar-refractivity contribution in [2.45, 2.75) is 71.6 Å². The Morgan fingerprint density at radius 3 is 2.38 bits per heavy atom. The van der Waals surface area contributed by atoms with Gasteiger partial charge in [0.15, 0.2) is 0 Å². The summed E-state index contributed by atoms with van der Waals surface area (Å²) in [5.74, 6) is -1.62. The van der Waals surface area contributed by atoms with Gasteiger partial charge in [0.1, 0.15) is 18.2 Å². The Labute approximate surface area is 277 Å². The van der Waals surface area contributed by atoms with E-state index in [4.69, 9.17) is 45.3 Å². The number of aromatic nitrogens is 1. The van der Waals surface area contributed by atoms with Gasteiger partial charge in [0, 0.05) is 34.1 Å². The highest BCUT2D eigenvalue weighted by Crippen LogP contribution is 2.39. The Morgan fingerprint density at radius 2 is 1.76 bits per heavy atom. The second-order valence-electron chi connectivity index (χ2n) is 12.0. The van der Waals surface area contributed by atoms with Crippen LogP contribution in [0.25, 0.3) is 10.9 Å². The summed E-state index contributed by atoms with van der Waals surface area (Å²) in [5.41, 5.74) is 7.13. The number of nitrogens with zero attached hydrogens (tertiary/aromatic N) is 1. The maximum atomic E-state index is 14.3. The fourth-order valence-electron chi connectivity index (χ4n) is 5.62. The number of imide groups is 1. The maximum Gasteiger partial charge on any atom is 0.408 e. The van der Waals surface area contributed by atoms with Crippen molar-refractivity contribution in [3.05, 3.63) is 68.3 Å². The first-order chi connectivity index (χ1) is 21.2. The van der Waals surface area contributed by atoms with E-state index in [2.05, 4.69) is 15.6 Å². The van der Waals surface area contributed by atoms with Gasteiger partial charge < -0.3 is 26.1 Å². The number of alkyl carbamates (subject to hydrolysis) is 1. The van der Waals surface area contributed by atoms with Crippen LogP contribution in [0.5, 0.6) is 0 Å². The summed E-state index contributed by atoms with van der Waals surface area (Å²) in [5, 5.41) is 7.75. The molecule has 45 heavy (non-hydrogen) atoms. The SMILES string of the molecule is CCC(C)C(NC(=O)OCc1ccc(Cl)cc1)C(=O)NC1(C(=O)N(CC(C)C)C(N)=O)CCc2[nH]c3c(Cl)cc(Cl)cc3c2C1. The second kappa shape index (κ2) is 14.3. The zero-order chi connectivity index (χ0) is 33.1. The minimum atomic E-state index is -1.56. The number of nitrogens with one attached hydrogen (secondary N) is 3. The van der Waals surface area contributed by atoms with Crippen molar-refractivity contribution in [3.8, 4) is 0 Å². The number of H-pyrrole nitrogens is 1. The van der Waals surface area contributed by atoms with Crippen molar-refractivity contribution in [2.75, 3.05) is 6.54 Å². The molecule has 0 radical (unpaired) electrons. The monoisotopic (exact) mass is 677 g/mol. The van der Waals surface area contributed by atoms with E-state index in [0.29, 0.717) is 38.8 Å². The number of rotatable bonds is 10. The normalized spacial score (nSPS) is 17.3. The quantitative estimate of drug-likeness (QED) is 0.197. The number of carbonyl (C=O) groups excluding carboxylic acids is 4. The first-order valence-corrected chi connectivity index (χ1v) is 16.0. The molecule has 3 atom stereocenters. The number of carbonyl (C=O) groups is 4. The average molecular weight is 679 g/mol. The molecule has 0 fully saturated rings. The number of ether oxygens (including phenoxy) is 1. The van der Waals surface area contributed by atoms with Crippen LogP contribution in [-0.4, -0.2) is 51.9 Å². The Hall–Kier alpha value is -3.47. The molecule has 2 aromatic carbocycles. The summed E-state index contributed by atoms with van der Waals surface area (Å²) in [6.07, 6.45) is 0.318. The van der Waals surface area contributed by atoms with Gasteiger partial charge in [0.25, 0.3) is 5.91 Å². The van der Waals surface area contributed by atoms with Crippen LogP contribution in [0.15, 0.2) is 36.4 Å². The van der Waals surface area contributed by atoms with Crippen LogP contribution < -0.4 is 16.4 Å². The molecule has 1 aliphatic rings. The van der Waals surface area contributed by atoms with Crippen molar-refractivity contribution in [1.82, 2.24) is 20.5 Å². The zero-order valence-electron chi connectivity index (χ0n) is 25.6. The predicted molar refractivity (Wildman–Crippen MR) is 175 cm³/mol. The molecule has 13 heteroatoms. The molecule has 242 valence electrons. The van der Waals surface area contributed by atoms with E-state index in [-0.39, 0.29) is 37.8 Å². The van der Waals surface area contributed by atoms with Crippen molar-refractivity contribution >= 4 is 69.6 Å². The molecule has 0 aliphatic heterocycles. The first kappa shape index (κ1) is 34.4. The zero-order valence-corrected chi connectivity index (χ0v) is 27.9. The Kier molecular flexibility index (Phi) is 10.9. The van der Waals surface area contributed by atoms with Crippen molar-refractivity contribution < 1.29 is 23.9 Å². The minimum Gasteiger partial charge on any atom is -0.445 e. The second-order valence-corrected chi connectivity index (χ2v) is 13.3. The Morgan fingerprint density at radius 1 is 1.07 bits per heavy atom. The lowest BCUT2D eigenvalue weighted by Gasteiger charge is -2.41. The smallest absolute Gasteiger partial charge is 0.408 e. The molecule has 3 aromatic rings. The van der Waals surface area contributed by atoms with Gasteiger partial charge in [-0.15, -0.1) is 0 Å². The molecule has 10 nitrogen and oxygen atoms in total. The van der Waals surface area contributed by atoms with Crippen molar-refractivity contribution in [3.63, 3.8) is 0 Å². The molecular formula is C32H38Cl3N5O5. The summed E-state index contributed by atoms with van der Waals surface area (Å²) < 4.78 is 5.39. The van der Waals surface area contributed by atoms with Crippen LogP contribution in [0.3, 0.4) is 0 Å². The molecule has 1 heterocycles. The lowest BCUT2D eigenvalue weighted by Crippen LogP contribution is -2.66. The summed E-state index contributed by atoms with van der Waals surface area (Å²) >= 11 is 18.8. The van der Waals surface area contributed by atoms with E-state index in [1.165, 1.54) is 0 Å². The van der Waals surface area contributed by atoms with Crippen LogP contribution in [0.1, 0.15) is 57.4 Å². The Bertz CT molecular complexity index is 1590. The van der Waals surface area contributed by atoms with E-state index < -0.39 is 35.5 Å². The van der Waals surface area contributed by atoms with Gasteiger partial charge in [-0.25, -0.2) is 9.59 Å². The average Bonchev–Trinajstić information content (AvgIpc) is 3.35. The van der Waals surface area contributed by atoms with E-state index in [9.17, 15) is 19.2 Å². The molecule has 3 unspecified atom stereocenters. The standard InChI is InChI=1S/C32H38Cl3N5O5/c1-5-18(4)26(38-31(44)45-16-19-6-8-20(33)9-7-19)28(41)39-32(29(42)40(30(36)43)15-17(2)3)11-10-25-23(14-32)22-12-21(34)13-24(35)27(22)37-25/h6-9,12-13,17-18,26,37H,5,10-11,14-16H2,1-4H3,(H2,36,43)(H,38,44)(H,39,41). The molecule has 0 bridgehead atoms. The number of aryl methyl sites for hydroxylation is 1. The number of urea groups is 1. The fraction of sp³-hybridized carbons (Fsp3) is 0.438. The van der Waals surface area contributed by atoms with E-state index in [1.54, 1.807) is 36.4 Å². The predicted octanol–water partition coefficient (Wildman–Crippen LogP) is 6.38. The van der Waals surface area contributed by atoms with E-state index in [1.807, 2.05) is 27.7 Å². The summed E-state index contributed by atoms with van der Waals surface area (Å²) in [6, 6.07) is 8.24. The molecule has 4 rings (SSSR count). The van der Waals surface area contributed by atoms with Gasteiger partial charge in [-0.1, -0.05) is 81.1 Å². The molecule has 1 aromatic heterocycles. The van der Waals surface area contributed by atoms with Gasteiger partial charge >= 0.3 is 12.1 Å². The van der Waals surface area contributed by atoms with Gasteiger partial charge in [0.05, 0.1) is 10.5 Å². The number of hydrogen-bond donors (Lipinski definition) is 4. The van der Waals surface area contributed by atoms with Crippen molar-refractivity contribution in [1.29, 1.82) is 0 Å².